The number of nitrogens with one attached hydrogen (secondary N) is 1. The van der Waals surface area contributed by atoms with Gasteiger partial charge in [-0.25, -0.2) is 0 Å². The van der Waals surface area contributed by atoms with Crippen LogP contribution in [0.4, 0.5) is 0 Å². The first kappa shape index (κ1) is 13.5. The fourth-order valence-corrected chi connectivity index (χ4v) is 3.07. The Morgan fingerprint density at radius 3 is 2.95 bits per heavy atom. The van der Waals surface area contributed by atoms with Crippen molar-refractivity contribution in [2.75, 3.05) is 26.7 Å². The van der Waals surface area contributed by atoms with Gasteiger partial charge in [0.1, 0.15) is 5.69 Å². The van der Waals surface area contributed by atoms with Crippen LogP contribution in [0.1, 0.15) is 29.8 Å². The van der Waals surface area contributed by atoms with Crippen LogP contribution >= 0.6 is 0 Å². The number of amides is 1. The Labute approximate surface area is 119 Å². The molecule has 1 aromatic rings. The van der Waals surface area contributed by atoms with Crippen molar-refractivity contribution in [2.45, 2.75) is 30.9 Å². The van der Waals surface area contributed by atoms with E-state index in [1.54, 1.807) is 12.3 Å². The molecule has 1 aromatic heterocycles. The number of nitrogens with zero attached hydrogens (tertiary/aromatic N) is 2. The topological polar surface area (TPSA) is 54.5 Å². The number of carbonyl (C=O) groups is 1. The van der Waals surface area contributed by atoms with Crippen LogP contribution in [0.15, 0.2) is 24.4 Å². The van der Waals surface area contributed by atoms with Crippen molar-refractivity contribution in [3.8, 4) is 0 Å². The lowest BCUT2D eigenvalue weighted by molar-refractivity contribution is -0.0392. The van der Waals surface area contributed by atoms with Gasteiger partial charge in [-0.1, -0.05) is 6.07 Å². The van der Waals surface area contributed by atoms with Gasteiger partial charge in [0.2, 0.25) is 0 Å². The summed E-state index contributed by atoms with van der Waals surface area (Å²) in [6.45, 7) is 2.75. The molecule has 2 aliphatic rings. The second-order valence-electron chi connectivity index (χ2n) is 5.89. The molecule has 1 spiro atoms. The van der Waals surface area contributed by atoms with Gasteiger partial charge in [0.05, 0.1) is 18.2 Å². The van der Waals surface area contributed by atoms with Crippen molar-refractivity contribution in [3.63, 3.8) is 0 Å². The van der Waals surface area contributed by atoms with Crippen molar-refractivity contribution < 1.29 is 9.53 Å². The Kier molecular flexibility index (Phi) is 3.72. The van der Waals surface area contributed by atoms with E-state index in [1.165, 1.54) is 0 Å². The average Bonchev–Trinajstić information content (AvgIpc) is 2.86. The summed E-state index contributed by atoms with van der Waals surface area (Å²) in [6, 6.07) is 5.47. The molecule has 2 saturated heterocycles. The zero-order chi connectivity index (χ0) is 14.0. The molecule has 3 heterocycles. The van der Waals surface area contributed by atoms with E-state index < -0.39 is 0 Å². The van der Waals surface area contributed by atoms with E-state index in [0.29, 0.717) is 12.3 Å². The van der Waals surface area contributed by atoms with Gasteiger partial charge in [-0.2, -0.15) is 0 Å². The van der Waals surface area contributed by atoms with E-state index in [-0.39, 0.29) is 17.6 Å². The Hall–Kier alpha value is -1.46. The van der Waals surface area contributed by atoms with E-state index in [2.05, 4.69) is 22.2 Å². The molecule has 5 nitrogen and oxygen atoms in total. The van der Waals surface area contributed by atoms with Gasteiger partial charge in [0.25, 0.3) is 5.91 Å². The molecule has 1 N–H and O–H groups in total. The molecular weight excluding hydrogens is 254 g/mol. The van der Waals surface area contributed by atoms with Gasteiger partial charge in [-0.15, -0.1) is 0 Å². The number of ether oxygens (including phenoxy) is 1. The smallest absolute Gasteiger partial charge is 0.270 e. The third kappa shape index (κ3) is 2.83. The normalized spacial score (nSPS) is 25.8. The van der Waals surface area contributed by atoms with E-state index in [0.717, 1.165) is 32.4 Å². The van der Waals surface area contributed by atoms with E-state index in [4.69, 9.17) is 4.74 Å². The van der Waals surface area contributed by atoms with E-state index in [1.807, 2.05) is 12.1 Å². The number of carbonyl (C=O) groups excluding carboxylic acids is 1. The molecule has 0 saturated carbocycles. The highest BCUT2D eigenvalue weighted by Gasteiger charge is 2.42. The first-order valence-electron chi connectivity index (χ1n) is 7.21. The number of pyridine rings is 1. The van der Waals surface area contributed by atoms with Gasteiger partial charge in [-0.05, 0) is 38.4 Å². The monoisotopic (exact) mass is 275 g/mol. The Balaban J connectivity index is 1.57. The van der Waals surface area contributed by atoms with Gasteiger partial charge < -0.3 is 15.0 Å². The molecule has 1 amide bonds. The van der Waals surface area contributed by atoms with Gasteiger partial charge in [0.15, 0.2) is 0 Å². The number of piperidine rings is 1. The molecule has 3 rings (SSSR count). The summed E-state index contributed by atoms with van der Waals surface area (Å²) in [5.41, 5.74) is 0.450. The second kappa shape index (κ2) is 5.50. The first-order valence-corrected chi connectivity index (χ1v) is 7.21. The average molecular weight is 275 g/mol. The summed E-state index contributed by atoms with van der Waals surface area (Å²) in [7, 11) is 2.14. The standard InChI is InChI=1S/C15H21N3O2/c1-18-8-5-15(6-9-18)10-12(11-20-15)17-14(19)13-4-2-3-7-16-13/h2-4,7,12H,5-6,8-11H2,1H3,(H,17,19)/t12-/m1/s1. The highest BCUT2D eigenvalue weighted by molar-refractivity contribution is 5.92. The molecule has 0 unspecified atom stereocenters. The Morgan fingerprint density at radius 2 is 2.25 bits per heavy atom. The summed E-state index contributed by atoms with van der Waals surface area (Å²) >= 11 is 0. The summed E-state index contributed by atoms with van der Waals surface area (Å²) in [5.74, 6) is -0.107. The molecule has 20 heavy (non-hydrogen) atoms. The number of hydrogen-bond acceptors (Lipinski definition) is 4. The molecule has 2 aliphatic heterocycles. The summed E-state index contributed by atoms with van der Waals surface area (Å²) in [6.07, 6.45) is 4.66. The largest absolute Gasteiger partial charge is 0.373 e. The van der Waals surface area contributed by atoms with Crippen molar-refractivity contribution in [1.29, 1.82) is 0 Å². The predicted molar refractivity (Wildman–Crippen MR) is 75.5 cm³/mol. The van der Waals surface area contributed by atoms with E-state index in [9.17, 15) is 4.79 Å². The fraction of sp³-hybridized carbons (Fsp3) is 0.600. The molecule has 1 atom stereocenters. The van der Waals surface area contributed by atoms with E-state index >= 15 is 0 Å². The Bertz CT molecular complexity index is 469. The van der Waals surface area contributed by atoms with Crippen molar-refractivity contribution in [3.05, 3.63) is 30.1 Å². The lowest BCUT2D eigenvalue weighted by atomic mass is 9.87. The minimum absolute atomic E-state index is 0.0193. The molecular formula is C15H21N3O2. The summed E-state index contributed by atoms with van der Waals surface area (Å²) < 4.78 is 6.02. The zero-order valence-corrected chi connectivity index (χ0v) is 11.8. The number of rotatable bonds is 2. The number of aromatic nitrogens is 1. The maximum atomic E-state index is 12.1. The van der Waals surface area contributed by atoms with Crippen LogP contribution in [0.2, 0.25) is 0 Å². The zero-order valence-electron chi connectivity index (χ0n) is 11.8. The van der Waals surface area contributed by atoms with Crippen LogP contribution in [-0.4, -0.2) is 54.2 Å². The van der Waals surface area contributed by atoms with Crippen LogP contribution in [0.5, 0.6) is 0 Å². The highest BCUT2D eigenvalue weighted by atomic mass is 16.5. The molecule has 0 aliphatic carbocycles. The van der Waals surface area contributed by atoms with Gasteiger partial charge in [-0.3, -0.25) is 9.78 Å². The summed E-state index contributed by atoms with van der Waals surface area (Å²) in [4.78, 5) is 18.5. The van der Waals surface area contributed by atoms with Gasteiger partial charge >= 0.3 is 0 Å². The SMILES string of the molecule is CN1CCC2(CC1)C[C@@H](NC(=O)c1ccccn1)CO2. The lowest BCUT2D eigenvalue weighted by Gasteiger charge is -2.36. The third-order valence-electron chi connectivity index (χ3n) is 4.34. The minimum atomic E-state index is -0.107. The molecule has 0 aromatic carbocycles. The van der Waals surface area contributed by atoms with Crippen molar-refractivity contribution in [2.24, 2.45) is 0 Å². The Morgan fingerprint density at radius 1 is 1.45 bits per heavy atom. The van der Waals surface area contributed by atoms with Crippen LogP contribution in [0, 0.1) is 0 Å². The van der Waals surface area contributed by atoms with Crippen LogP contribution in [-0.2, 0) is 4.74 Å². The maximum Gasteiger partial charge on any atom is 0.270 e. The fourth-order valence-electron chi connectivity index (χ4n) is 3.07. The second-order valence-corrected chi connectivity index (χ2v) is 5.89. The third-order valence-corrected chi connectivity index (χ3v) is 4.34. The summed E-state index contributed by atoms with van der Waals surface area (Å²) in [5, 5.41) is 3.04. The maximum absolute atomic E-state index is 12.1. The predicted octanol–water partition coefficient (Wildman–Crippen LogP) is 1.06. The van der Waals surface area contributed by atoms with Gasteiger partial charge in [0, 0.05) is 19.3 Å². The van der Waals surface area contributed by atoms with Crippen LogP contribution < -0.4 is 5.32 Å². The van der Waals surface area contributed by atoms with Crippen molar-refractivity contribution in [1.82, 2.24) is 15.2 Å². The minimum Gasteiger partial charge on any atom is -0.373 e. The molecule has 0 bridgehead atoms. The lowest BCUT2D eigenvalue weighted by Crippen LogP contribution is -2.43. The molecule has 108 valence electrons. The highest BCUT2D eigenvalue weighted by Crippen LogP contribution is 2.35. The quantitative estimate of drug-likeness (QED) is 0.877. The number of hydrogen-bond donors (Lipinski definition) is 1. The molecule has 0 radical (unpaired) electrons. The van der Waals surface area contributed by atoms with Crippen LogP contribution in [0.3, 0.4) is 0 Å². The molecule has 5 heteroatoms. The first-order chi connectivity index (χ1) is 9.67. The van der Waals surface area contributed by atoms with Crippen LogP contribution in [0.25, 0.3) is 0 Å². The number of likely N-dealkylation sites (tertiary alicyclic amines) is 1. The molecule has 2 fully saturated rings. The van der Waals surface area contributed by atoms with Crippen molar-refractivity contribution >= 4 is 5.91 Å².